The predicted octanol–water partition coefficient (Wildman–Crippen LogP) is 1.23. The zero-order valence-electron chi connectivity index (χ0n) is 9.07. The molecule has 1 aliphatic rings. The van der Waals surface area contributed by atoms with Gasteiger partial charge in [-0.3, -0.25) is 4.79 Å². The van der Waals surface area contributed by atoms with E-state index in [2.05, 4.69) is 10.3 Å². The number of nitrogens with one attached hydrogen (secondary N) is 1. The topological polar surface area (TPSA) is 46.9 Å². The second-order valence-electron chi connectivity index (χ2n) is 3.96. The summed E-state index contributed by atoms with van der Waals surface area (Å²) in [5.74, 6) is 0.141. The first-order valence-corrected chi connectivity index (χ1v) is 5.60. The van der Waals surface area contributed by atoms with E-state index in [0.717, 1.165) is 25.9 Å². The Morgan fingerprint density at radius 1 is 1.67 bits per heavy atom. The lowest BCUT2D eigenvalue weighted by Gasteiger charge is -2.21. The molecule has 1 fully saturated rings. The molecule has 1 unspecified atom stereocenters. The van der Waals surface area contributed by atoms with Gasteiger partial charge in [-0.1, -0.05) is 6.42 Å². The van der Waals surface area contributed by atoms with Crippen molar-refractivity contribution >= 4 is 5.78 Å². The van der Waals surface area contributed by atoms with Crippen molar-refractivity contribution in [2.24, 2.45) is 0 Å². The number of Topliss-reactive ketones (excluding diaryl/α,β-unsaturated/α-hetero) is 1. The van der Waals surface area contributed by atoms with Crippen molar-refractivity contribution < 1.29 is 4.79 Å². The van der Waals surface area contributed by atoms with Crippen LogP contribution in [-0.2, 0) is 6.54 Å². The first-order valence-electron chi connectivity index (χ1n) is 5.60. The maximum absolute atomic E-state index is 12.0. The Morgan fingerprint density at radius 2 is 2.53 bits per heavy atom. The minimum absolute atomic E-state index is 0.0149. The summed E-state index contributed by atoms with van der Waals surface area (Å²) in [4.78, 5) is 16.1. The van der Waals surface area contributed by atoms with Crippen LogP contribution in [0.2, 0.25) is 0 Å². The van der Waals surface area contributed by atoms with Gasteiger partial charge < -0.3 is 9.88 Å². The highest BCUT2D eigenvalue weighted by molar-refractivity contribution is 5.98. The molecule has 1 aromatic heterocycles. The molecule has 15 heavy (non-hydrogen) atoms. The largest absolute Gasteiger partial charge is 0.337 e. The highest BCUT2D eigenvalue weighted by Crippen LogP contribution is 2.11. The summed E-state index contributed by atoms with van der Waals surface area (Å²) in [6, 6.07) is -0.0149. The van der Waals surface area contributed by atoms with Crippen molar-refractivity contribution in [3.63, 3.8) is 0 Å². The van der Waals surface area contributed by atoms with Gasteiger partial charge in [-0.05, 0) is 26.3 Å². The first-order chi connectivity index (χ1) is 7.31. The lowest BCUT2D eigenvalue weighted by Crippen LogP contribution is -2.40. The van der Waals surface area contributed by atoms with Gasteiger partial charge in [0.1, 0.15) is 5.69 Å². The summed E-state index contributed by atoms with van der Waals surface area (Å²) in [7, 11) is 0. The molecule has 0 aliphatic carbocycles. The van der Waals surface area contributed by atoms with E-state index in [9.17, 15) is 4.79 Å². The van der Waals surface area contributed by atoms with Crippen molar-refractivity contribution in [2.75, 3.05) is 6.54 Å². The van der Waals surface area contributed by atoms with Gasteiger partial charge in [-0.15, -0.1) is 0 Å². The second kappa shape index (κ2) is 4.57. The summed E-state index contributed by atoms with van der Waals surface area (Å²) >= 11 is 0. The van der Waals surface area contributed by atoms with E-state index < -0.39 is 0 Å². The zero-order valence-corrected chi connectivity index (χ0v) is 9.07. The number of hydrogen-bond acceptors (Lipinski definition) is 3. The van der Waals surface area contributed by atoms with E-state index in [0.29, 0.717) is 5.69 Å². The highest BCUT2D eigenvalue weighted by atomic mass is 16.1. The Morgan fingerprint density at radius 3 is 3.13 bits per heavy atom. The predicted molar refractivity (Wildman–Crippen MR) is 57.9 cm³/mol. The van der Waals surface area contributed by atoms with E-state index in [-0.39, 0.29) is 11.8 Å². The minimum atomic E-state index is -0.0149. The molecule has 1 aromatic rings. The van der Waals surface area contributed by atoms with Crippen LogP contribution in [0.4, 0.5) is 0 Å². The summed E-state index contributed by atoms with van der Waals surface area (Å²) < 4.78 is 1.93. The normalized spacial score (nSPS) is 21.5. The molecule has 0 saturated carbocycles. The van der Waals surface area contributed by atoms with Gasteiger partial charge in [0, 0.05) is 12.7 Å². The number of carbonyl (C=O) groups is 1. The zero-order chi connectivity index (χ0) is 10.7. The Labute approximate surface area is 89.7 Å². The van der Waals surface area contributed by atoms with Gasteiger partial charge in [-0.25, -0.2) is 4.98 Å². The molecular weight excluding hydrogens is 190 g/mol. The van der Waals surface area contributed by atoms with Crippen molar-refractivity contribution in [1.82, 2.24) is 14.9 Å². The standard InChI is InChI=1S/C11H17N3O/c1-2-14-7-10(13-8-14)11(15)9-5-3-4-6-12-9/h7-9,12H,2-6H2,1H3. The summed E-state index contributed by atoms with van der Waals surface area (Å²) in [5.41, 5.74) is 0.594. The Kier molecular flexibility index (Phi) is 3.16. The fourth-order valence-corrected chi connectivity index (χ4v) is 1.91. The number of aromatic nitrogens is 2. The fourth-order valence-electron chi connectivity index (χ4n) is 1.91. The first kappa shape index (κ1) is 10.4. The monoisotopic (exact) mass is 207 g/mol. The van der Waals surface area contributed by atoms with E-state index in [1.165, 1.54) is 6.42 Å². The molecule has 1 atom stereocenters. The van der Waals surface area contributed by atoms with Crippen LogP contribution in [0.5, 0.6) is 0 Å². The smallest absolute Gasteiger partial charge is 0.199 e. The molecule has 2 heterocycles. The average Bonchev–Trinajstić information content (AvgIpc) is 2.78. The molecule has 1 aliphatic heterocycles. The number of ketones is 1. The molecule has 0 spiro atoms. The van der Waals surface area contributed by atoms with Crippen molar-refractivity contribution in [1.29, 1.82) is 0 Å². The second-order valence-corrected chi connectivity index (χ2v) is 3.96. The number of imidazole rings is 1. The van der Waals surface area contributed by atoms with Crippen LogP contribution in [0.15, 0.2) is 12.5 Å². The molecule has 4 nitrogen and oxygen atoms in total. The van der Waals surface area contributed by atoms with Crippen LogP contribution >= 0.6 is 0 Å². The number of aryl methyl sites for hydroxylation is 1. The Bertz CT molecular complexity index is 339. The van der Waals surface area contributed by atoms with Gasteiger partial charge in [-0.2, -0.15) is 0 Å². The number of rotatable bonds is 3. The van der Waals surface area contributed by atoms with Crippen LogP contribution in [0.3, 0.4) is 0 Å². The van der Waals surface area contributed by atoms with Crippen LogP contribution in [-0.4, -0.2) is 27.9 Å². The summed E-state index contributed by atoms with van der Waals surface area (Å²) in [6.07, 6.45) is 6.80. The molecular formula is C11H17N3O. The maximum atomic E-state index is 12.0. The molecule has 4 heteroatoms. The van der Waals surface area contributed by atoms with E-state index in [1.54, 1.807) is 6.33 Å². The average molecular weight is 207 g/mol. The SMILES string of the molecule is CCn1cnc(C(=O)C2CCCCN2)c1. The lowest BCUT2D eigenvalue weighted by molar-refractivity contribution is 0.0922. The molecule has 0 radical (unpaired) electrons. The van der Waals surface area contributed by atoms with Crippen LogP contribution in [0.1, 0.15) is 36.7 Å². The van der Waals surface area contributed by atoms with Crippen LogP contribution < -0.4 is 5.32 Å². The van der Waals surface area contributed by atoms with Crippen molar-refractivity contribution in [3.8, 4) is 0 Å². The summed E-state index contributed by atoms with van der Waals surface area (Å²) in [5, 5.41) is 3.25. The summed E-state index contributed by atoms with van der Waals surface area (Å²) in [6.45, 7) is 3.85. The molecule has 82 valence electrons. The van der Waals surface area contributed by atoms with E-state index in [4.69, 9.17) is 0 Å². The molecule has 0 aromatic carbocycles. The third-order valence-electron chi connectivity index (χ3n) is 2.88. The minimum Gasteiger partial charge on any atom is -0.337 e. The maximum Gasteiger partial charge on any atom is 0.199 e. The van der Waals surface area contributed by atoms with Crippen molar-refractivity contribution in [2.45, 2.75) is 38.8 Å². The Balaban J connectivity index is 2.05. The van der Waals surface area contributed by atoms with Gasteiger partial charge in [0.2, 0.25) is 0 Å². The van der Waals surface area contributed by atoms with E-state index in [1.807, 2.05) is 17.7 Å². The molecule has 1 N–H and O–H groups in total. The van der Waals surface area contributed by atoms with Crippen LogP contribution in [0.25, 0.3) is 0 Å². The number of hydrogen-bond donors (Lipinski definition) is 1. The molecule has 0 amide bonds. The highest BCUT2D eigenvalue weighted by Gasteiger charge is 2.23. The lowest BCUT2D eigenvalue weighted by atomic mass is 10.00. The van der Waals surface area contributed by atoms with Gasteiger partial charge in [0.05, 0.1) is 12.4 Å². The molecule has 1 saturated heterocycles. The van der Waals surface area contributed by atoms with Crippen LogP contribution in [0, 0.1) is 0 Å². The molecule has 2 rings (SSSR count). The number of nitrogens with zero attached hydrogens (tertiary/aromatic N) is 2. The quantitative estimate of drug-likeness (QED) is 0.758. The van der Waals surface area contributed by atoms with Gasteiger partial charge >= 0.3 is 0 Å². The number of carbonyl (C=O) groups excluding carboxylic acids is 1. The van der Waals surface area contributed by atoms with Crippen molar-refractivity contribution in [3.05, 3.63) is 18.2 Å². The third-order valence-corrected chi connectivity index (χ3v) is 2.88. The molecule has 0 bridgehead atoms. The van der Waals surface area contributed by atoms with E-state index >= 15 is 0 Å². The fraction of sp³-hybridized carbons (Fsp3) is 0.636. The third kappa shape index (κ3) is 2.26. The Hall–Kier alpha value is -1.16. The van der Waals surface area contributed by atoms with Gasteiger partial charge in [0.25, 0.3) is 0 Å². The number of piperidine rings is 1. The van der Waals surface area contributed by atoms with Gasteiger partial charge in [0.15, 0.2) is 5.78 Å².